The highest BCUT2D eigenvalue weighted by molar-refractivity contribution is 6.11. The average Bonchev–Trinajstić information content (AvgIpc) is 2.62. The zero-order chi connectivity index (χ0) is 16.5. The number of ether oxygens (including phenoxy) is 1. The third kappa shape index (κ3) is 2.42. The monoisotopic (exact) mass is 317 g/mol. The third-order valence-electron chi connectivity index (χ3n) is 3.98. The Morgan fingerprint density at radius 3 is 2.62 bits per heavy atom. The van der Waals surface area contributed by atoms with E-state index in [-0.39, 0.29) is 5.63 Å². The molecule has 0 amide bonds. The van der Waals surface area contributed by atoms with E-state index >= 15 is 0 Å². The van der Waals surface area contributed by atoms with Gasteiger partial charge in [0.05, 0.1) is 12.1 Å². The lowest BCUT2D eigenvalue weighted by Crippen LogP contribution is -1.95. The minimum atomic E-state index is -0.353. The van der Waals surface area contributed by atoms with Crippen LogP contribution in [0.15, 0.2) is 70.0 Å². The van der Waals surface area contributed by atoms with E-state index < -0.39 is 0 Å². The van der Waals surface area contributed by atoms with Gasteiger partial charge in [0.2, 0.25) is 0 Å². The molecule has 24 heavy (non-hydrogen) atoms. The van der Waals surface area contributed by atoms with Gasteiger partial charge in [-0.05, 0) is 54.4 Å². The van der Waals surface area contributed by atoms with E-state index in [1.807, 2.05) is 43.3 Å². The molecular formula is C20H15NO3. The molecule has 0 atom stereocenters. The van der Waals surface area contributed by atoms with Gasteiger partial charge in [0, 0.05) is 23.0 Å². The quantitative estimate of drug-likeness (QED) is 0.415. The summed E-state index contributed by atoms with van der Waals surface area (Å²) in [7, 11) is 0. The summed E-state index contributed by atoms with van der Waals surface area (Å²) < 4.78 is 10.8. The van der Waals surface area contributed by atoms with Crippen molar-refractivity contribution >= 4 is 21.9 Å². The van der Waals surface area contributed by atoms with Gasteiger partial charge in [-0.15, -0.1) is 0 Å². The number of fused-ring (bicyclic) bond motifs is 3. The SMILES string of the molecule is CCOc1ccc(-c2ccnc3ccc4oc(=O)ccc4c23)cc1. The van der Waals surface area contributed by atoms with Crippen molar-refractivity contribution < 1.29 is 9.15 Å². The minimum Gasteiger partial charge on any atom is -0.494 e. The summed E-state index contributed by atoms with van der Waals surface area (Å²) in [6, 6.07) is 16.8. The first-order valence-electron chi connectivity index (χ1n) is 7.81. The van der Waals surface area contributed by atoms with Crippen LogP contribution in [-0.2, 0) is 0 Å². The van der Waals surface area contributed by atoms with Gasteiger partial charge in [0.1, 0.15) is 11.3 Å². The van der Waals surface area contributed by atoms with Crippen molar-refractivity contribution in [1.29, 1.82) is 0 Å². The summed E-state index contributed by atoms with van der Waals surface area (Å²) in [6.07, 6.45) is 1.79. The van der Waals surface area contributed by atoms with Crippen molar-refractivity contribution in [2.45, 2.75) is 6.92 Å². The highest BCUT2D eigenvalue weighted by atomic mass is 16.5. The van der Waals surface area contributed by atoms with E-state index in [1.54, 1.807) is 18.3 Å². The number of aromatic nitrogens is 1. The van der Waals surface area contributed by atoms with Crippen LogP contribution in [0.2, 0.25) is 0 Å². The lowest BCUT2D eigenvalue weighted by molar-refractivity contribution is 0.340. The zero-order valence-corrected chi connectivity index (χ0v) is 13.2. The summed E-state index contributed by atoms with van der Waals surface area (Å²) in [4.78, 5) is 15.9. The van der Waals surface area contributed by atoms with Crippen molar-refractivity contribution in [3.63, 3.8) is 0 Å². The molecule has 2 aromatic carbocycles. The molecule has 0 bridgehead atoms. The van der Waals surface area contributed by atoms with Crippen molar-refractivity contribution in [3.8, 4) is 16.9 Å². The second kappa shape index (κ2) is 5.81. The van der Waals surface area contributed by atoms with Gasteiger partial charge in [-0.25, -0.2) is 4.79 Å². The molecule has 0 aliphatic rings. The van der Waals surface area contributed by atoms with Gasteiger partial charge in [-0.2, -0.15) is 0 Å². The van der Waals surface area contributed by atoms with Gasteiger partial charge in [-0.1, -0.05) is 12.1 Å². The summed E-state index contributed by atoms with van der Waals surface area (Å²) in [5.74, 6) is 0.843. The molecule has 4 heteroatoms. The lowest BCUT2D eigenvalue weighted by atomic mass is 9.98. The molecule has 118 valence electrons. The highest BCUT2D eigenvalue weighted by Crippen LogP contribution is 2.33. The Hall–Kier alpha value is -3.14. The molecule has 0 saturated carbocycles. The van der Waals surface area contributed by atoms with Crippen LogP contribution < -0.4 is 10.4 Å². The molecule has 2 aromatic heterocycles. The van der Waals surface area contributed by atoms with Gasteiger partial charge < -0.3 is 9.15 Å². The van der Waals surface area contributed by atoms with Crippen LogP contribution in [0.1, 0.15) is 6.92 Å². The predicted molar refractivity (Wildman–Crippen MR) is 94.4 cm³/mol. The maximum Gasteiger partial charge on any atom is 0.336 e. The number of benzene rings is 2. The molecular weight excluding hydrogens is 302 g/mol. The van der Waals surface area contributed by atoms with E-state index in [2.05, 4.69) is 4.98 Å². The van der Waals surface area contributed by atoms with E-state index in [9.17, 15) is 4.79 Å². The molecule has 0 N–H and O–H groups in total. The topological polar surface area (TPSA) is 52.3 Å². The Bertz CT molecular complexity index is 1080. The fourth-order valence-corrected chi connectivity index (χ4v) is 2.94. The van der Waals surface area contributed by atoms with E-state index in [1.165, 1.54) is 6.07 Å². The Labute approximate surface area is 138 Å². The van der Waals surface area contributed by atoms with Crippen LogP contribution in [0.5, 0.6) is 5.75 Å². The van der Waals surface area contributed by atoms with Crippen molar-refractivity contribution in [3.05, 3.63) is 71.2 Å². The van der Waals surface area contributed by atoms with Gasteiger partial charge in [0.15, 0.2) is 0 Å². The van der Waals surface area contributed by atoms with E-state index in [0.717, 1.165) is 33.2 Å². The van der Waals surface area contributed by atoms with Crippen LogP contribution in [0, 0.1) is 0 Å². The standard InChI is InChI=1S/C20H15NO3/c1-2-23-14-5-3-13(4-6-14)15-11-12-21-17-8-9-18-16(20(15)17)7-10-19(22)24-18/h3-12H,2H2,1H3. The van der Waals surface area contributed by atoms with Gasteiger partial charge in [-0.3, -0.25) is 4.98 Å². The molecule has 0 aliphatic carbocycles. The Morgan fingerprint density at radius 1 is 1.00 bits per heavy atom. The molecule has 4 nitrogen and oxygen atoms in total. The third-order valence-corrected chi connectivity index (χ3v) is 3.98. The van der Waals surface area contributed by atoms with Crippen LogP contribution in [-0.4, -0.2) is 11.6 Å². The summed E-state index contributed by atoms with van der Waals surface area (Å²) in [6.45, 7) is 2.60. The predicted octanol–water partition coefficient (Wildman–Crippen LogP) is 4.41. The minimum absolute atomic E-state index is 0.353. The second-order valence-electron chi connectivity index (χ2n) is 5.44. The van der Waals surface area contributed by atoms with Crippen molar-refractivity contribution in [2.24, 2.45) is 0 Å². The molecule has 0 unspecified atom stereocenters. The highest BCUT2D eigenvalue weighted by Gasteiger charge is 2.10. The molecule has 0 aliphatic heterocycles. The van der Waals surface area contributed by atoms with Gasteiger partial charge in [0.25, 0.3) is 0 Å². The van der Waals surface area contributed by atoms with Crippen molar-refractivity contribution in [2.75, 3.05) is 6.61 Å². The summed E-state index contributed by atoms with van der Waals surface area (Å²) in [5, 5.41) is 1.85. The normalized spacial score (nSPS) is 11.0. The molecule has 0 saturated heterocycles. The van der Waals surface area contributed by atoms with Crippen molar-refractivity contribution in [1.82, 2.24) is 4.98 Å². The average molecular weight is 317 g/mol. The summed E-state index contributed by atoms with van der Waals surface area (Å²) in [5.41, 5.74) is 3.18. The second-order valence-corrected chi connectivity index (χ2v) is 5.44. The number of hydrogen-bond acceptors (Lipinski definition) is 4. The van der Waals surface area contributed by atoms with E-state index in [4.69, 9.17) is 9.15 Å². The molecule has 2 heterocycles. The fourth-order valence-electron chi connectivity index (χ4n) is 2.94. The Balaban J connectivity index is 1.99. The van der Waals surface area contributed by atoms with E-state index in [0.29, 0.717) is 12.2 Å². The summed E-state index contributed by atoms with van der Waals surface area (Å²) >= 11 is 0. The number of nitrogens with zero attached hydrogens (tertiary/aromatic N) is 1. The molecule has 4 aromatic rings. The maximum absolute atomic E-state index is 11.5. The smallest absolute Gasteiger partial charge is 0.336 e. The largest absolute Gasteiger partial charge is 0.494 e. The van der Waals surface area contributed by atoms with Crippen LogP contribution in [0.25, 0.3) is 33.0 Å². The first-order chi connectivity index (χ1) is 11.8. The van der Waals surface area contributed by atoms with Gasteiger partial charge >= 0.3 is 5.63 Å². The van der Waals surface area contributed by atoms with Crippen LogP contribution in [0.3, 0.4) is 0 Å². The maximum atomic E-state index is 11.5. The fraction of sp³-hybridized carbons (Fsp3) is 0.100. The number of hydrogen-bond donors (Lipinski definition) is 0. The molecule has 0 spiro atoms. The first kappa shape index (κ1) is 14.5. The Kier molecular flexibility index (Phi) is 3.50. The Morgan fingerprint density at radius 2 is 1.83 bits per heavy atom. The lowest BCUT2D eigenvalue weighted by Gasteiger charge is -2.10. The zero-order valence-electron chi connectivity index (χ0n) is 13.2. The molecule has 0 fully saturated rings. The first-order valence-corrected chi connectivity index (χ1v) is 7.81. The van der Waals surface area contributed by atoms with Crippen LogP contribution in [0.4, 0.5) is 0 Å². The molecule has 4 rings (SSSR count). The van der Waals surface area contributed by atoms with Crippen LogP contribution >= 0.6 is 0 Å². The number of pyridine rings is 1. The number of rotatable bonds is 3. The molecule has 0 radical (unpaired) electrons.